The minimum absolute atomic E-state index is 0.181. The summed E-state index contributed by atoms with van der Waals surface area (Å²) in [4.78, 5) is 23.4. The van der Waals surface area contributed by atoms with E-state index in [2.05, 4.69) is 25.8 Å². The van der Waals surface area contributed by atoms with Crippen LogP contribution in [0.2, 0.25) is 0 Å². The lowest BCUT2D eigenvalue weighted by atomic mass is 10.0. The lowest BCUT2D eigenvalue weighted by Gasteiger charge is -2.31. The van der Waals surface area contributed by atoms with Gasteiger partial charge in [0.05, 0.1) is 18.7 Å². The molecule has 10 heteroatoms. The third kappa shape index (κ3) is 3.29. The van der Waals surface area contributed by atoms with Crippen LogP contribution in [0.15, 0.2) is 33.8 Å². The van der Waals surface area contributed by atoms with Crippen LogP contribution in [0.1, 0.15) is 18.9 Å². The summed E-state index contributed by atoms with van der Waals surface area (Å²) in [6.07, 6.45) is -6.21. The molecule has 1 aromatic rings. The molecular formula is C14H12BrF3N2O4. The lowest BCUT2D eigenvalue weighted by Crippen LogP contribution is -2.58. The molecule has 2 rings (SSSR count). The molecule has 0 aromatic heterocycles. The summed E-state index contributed by atoms with van der Waals surface area (Å²) in [5, 5.41) is 13.3. The number of amides is 1. The largest absolute Gasteiger partial charge is 0.459 e. The molecular weight excluding hydrogens is 397 g/mol. The van der Waals surface area contributed by atoms with Gasteiger partial charge in [0.25, 0.3) is 5.72 Å². The van der Waals surface area contributed by atoms with E-state index in [1.54, 1.807) is 12.1 Å². The quantitative estimate of drug-likeness (QED) is 0.600. The van der Waals surface area contributed by atoms with Crippen LogP contribution < -0.4 is 0 Å². The van der Waals surface area contributed by atoms with Crippen molar-refractivity contribution in [2.45, 2.75) is 25.2 Å². The van der Waals surface area contributed by atoms with E-state index in [0.717, 1.165) is 0 Å². The Bertz CT molecular complexity index is 690. The summed E-state index contributed by atoms with van der Waals surface area (Å²) >= 11 is 3.18. The molecule has 130 valence electrons. The highest BCUT2D eigenvalue weighted by Gasteiger charge is 2.64. The number of esters is 1. The number of nitrogens with zero attached hydrogens (tertiary/aromatic N) is 2. The zero-order chi connectivity index (χ0) is 18.1. The molecule has 24 heavy (non-hydrogen) atoms. The van der Waals surface area contributed by atoms with Crippen molar-refractivity contribution >= 4 is 33.5 Å². The van der Waals surface area contributed by atoms with Gasteiger partial charge in [-0.2, -0.15) is 23.3 Å². The van der Waals surface area contributed by atoms with Crippen molar-refractivity contribution in [1.29, 1.82) is 0 Å². The van der Waals surface area contributed by atoms with Gasteiger partial charge in [-0.1, -0.05) is 28.1 Å². The highest BCUT2D eigenvalue weighted by molar-refractivity contribution is 9.10. The maximum atomic E-state index is 13.3. The van der Waals surface area contributed by atoms with E-state index < -0.39 is 30.2 Å². The van der Waals surface area contributed by atoms with E-state index in [0.29, 0.717) is 4.47 Å². The third-order valence-corrected chi connectivity index (χ3v) is 3.79. The zero-order valence-electron chi connectivity index (χ0n) is 12.3. The number of ether oxygens (including phenoxy) is 1. The molecule has 6 nitrogen and oxygen atoms in total. The Labute approximate surface area is 143 Å². The molecule has 0 fully saturated rings. The highest BCUT2D eigenvalue weighted by Crippen LogP contribution is 2.41. The fourth-order valence-corrected chi connectivity index (χ4v) is 2.33. The molecule has 0 saturated carbocycles. The first-order valence-corrected chi connectivity index (χ1v) is 7.53. The summed E-state index contributed by atoms with van der Waals surface area (Å²) in [5.74, 6) is -3.22. The van der Waals surface area contributed by atoms with Gasteiger partial charge in [0.1, 0.15) is 0 Å². The Kier molecular flexibility index (Phi) is 5.00. The number of carbonyl (C=O) groups excluding carboxylic acids is 2. The molecule has 1 N–H and O–H groups in total. The first kappa shape index (κ1) is 18.4. The molecule has 0 spiro atoms. The minimum atomic E-state index is -5.21. The monoisotopic (exact) mass is 408 g/mol. The zero-order valence-corrected chi connectivity index (χ0v) is 13.9. The van der Waals surface area contributed by atoms with Crippen molar-refractivity contribution in [2.24, 2.45) is 5.10 Å². The fourth-order valence-electron chi connectivity index (χ4n) is 2.06. The van der Waals surface area contributed by atoms with Gasteiger partial charge in [0.15, 0.2) is 0 Å². The fraction of sp³-hybridized carbons (Fsp3) is 0.357. The van der Waals surface area contributed by atoms with Gasteiger partial charge in [-0.3, -0.25) is 4.79 Å². The minimum Gasteiger partial charge on any atom is -0.459 e. The number of rotatable bonds is 2. The van der Waals surface area contributed by atoms with E-state index in [9.17, 15) is 27.9 Å². The van der Waals surface area contributed by atoms with Crippen molar-refractivity contribution in [2.75, 3.05) is 6.61 Å². The molecule has 1 atom stereocenters. The molecule has 1 heterocycles. The van der Waals surface area contributed by atoms with Gasteiger partial charge in [0, 0.05) is 4.47 Å². The van der Waals surface area contributed by atoms with Crippen LogP contribution in [0.3, 0.4) is 0 Å². The van der Waals surface area contributed by atoms with Gasteiger partial charge in [-0.15, -0.1) is 0 Å². The number of hydrogen-bond donors (Lipinski definition) is 1. The molecule has 1 aliphatic rings. The summed E-state index contributed by atoms with van der Waals surface area (Å²) in [6, 6.07) is 6.08. The van der Waals surface area contributed by atoms with Crippen LogP contribution in [0.5, 0.6) is 0 Å². The second kappa shape index (κ2) is 6.52. The predicted octanol–water partition coefficient (Wildman–Crippen LogP) is 2.20. The first-order valence-electron chi connectivity index (χ1n) is 6.74. The molecule has 1 aromatic carbocycles. The first-order chi connectivity index (χ1) is 11.1. The van der Waals surface area contributed by atoms with Crippen LogP contribution >= 0.6 is 15.9 Å². The normalized spacial score (nSPS) is 20.8. The average molecular weight is 409 g/mol. The third-order valence-electron chi connectivity index (χ3n) is 3.26. The van der Waals surface area contributed by atoms with E-state index in [4.69, 9.17) is 0 Å². The smallest absolute Gasteiger partial charge is 0.438 e. The predicted molar refractivity (Wildman–Crippen MR) is 79.8 cm³/mol. The van der Waals surface area contributed by atoms with Crippen LogP contribution in [0.25, 0.3) is 0 Å². The van der Waals surface area contributed by atoms with Crippen LogP contribution in [0.4, 0.5) is 13.2 Å². The maximum absolute atomic E-state index is 13.3. The number of hydrazone groups is 1. The van der Waals surface area contributed by atoms with Crippen molar-refractivity contribution in [3.63, 3.8) is 0 Å². The second-order valence-corrected chi connectivity index (χ2v) is 5.80. The second-order valence-electron chi connectivity index (χ2n) is 4.88. The summed E-state index contributed by atoms with van der Waals surface area (Å²) < 4.78 is 44.9. The molecule has 1 amide bonds. The van der Waals surface area contributed by atoms with Gasteiger partial charge in [0.2, 0.25) is 0 Å². The summed E-state index contributed by atoms with van der Waals surface area (Å²) in [5.41, 5.74) is -3.51. The number of carbonyl (C=O) groups is 2. The average Bonchev–Trinajstić information content (AvgIpc) is 2.86. The van der Waals surface area contributed by atoms with E-state index in [1.165, 1.54) is 19.1 Å². The van der Waals surface area contributed by atoms with Gasteiger partial charge in [-0.25, -0.2) is 4.79 Å². The Balaban J connectivity index is 2.43. The number of alkyl halides is 3. The van der Waals surface area contributed by atoms with Gasteiger partial charge >= 0.3 is 18.1 Å². The molecule has 0 bridgehead atoms. The summed E-state index contributed by atoms with van der Waals surface area (Å²) in [6.45, 7) is 1.19. The SMILES string of the molecule is CCOC(=O)C(=O)N1N=C(c2ccc(Br)cc2)C[C@@]1(O)C(F)(F)F. The Morgan fingerprint density at radius 2 is 1.96 bits per heavy atom. The summed E-state index contributed by atoms with van der Waals surface area (Å²) in [7, 11) is 0. The molecule has 0 unspecified atom stereocenters. The van der Waals surface area contributed by atoms with E-state index in [-0.39, 0.29) is 22.9 Å². The number of benzene rings is 1. The van der Waals surface area contributed by atoms with Crippen molar-refractivity contribution in [3.8, 4) is 0 Å². The van der Waals surface area contributed by atoms with E-state index in [1.807, 2.05) is 0 Å². The van der Waals surface area contributed by atoms with E-state index >= 15 is 0 Å². The number of halogens is 4. The number of hydrogen-bond acceptors (Lipinski definition) is 5. The van der Waals surface area contributed by atoms with Crippen LogP contribution in [0, 0.1) is 0 Å². The van der Waals surface area contributed by atoms with Crippen molar-refractivity contribution in [3.05, 3.63) is 34.3 Å². The highest BCUT2D eigenvalue weighted by atomic mass is 79.9. The van der Waals surface area contributed by atoms with Crippen LogP contribution in [-0.2, 0) is 14.3 Å². The van der Waals surface area contributed by atoms with Crippen molar-refractivity contribution in [1.82, 2.24) is 5.01 Å². The maximum Gasteiger partial charge on any atom is 0.438 e. The Morgan fingerprint density at radius 1 is 1.38 bits per heavy atom. The van der Waals surface area contributed by atoms with Crippen LogP contribution in [-0.4, -0.2) is 46.2 Å². The standard InChI is InChI=1S/C14H12BrF3N2O4/c1-2-24-12(22)11(21)20-13(23,14(16,17)18)7-10(19-20)8-3-5-9(15)6-4-8/h3-6,23H,2,7H2,1H3/t13-/m1/s1. The Hall–Kier alpha value is -1.94. The van der Waals surface area contributed by atoms with Gasteiger partial charge < -0.3 is 9.84 Å². The molecule has 0 saturated heterocycles. The van der Waals surface area contributed by atoms with Gasteiger partial charge in [-0.05, 0) is 24.6 Å². The number of aliphatic hydroxyl groups is 1. The molecule has 0 aliphatic carbocycles. The molecule has 1 aliphatic heterocycles. The lowest BCUT2D eigenvalue weighted by molar-refractivity contribution is -0.302. The topological polar surface area (TPSA) is 79.2 Å². The van der Waals surface area contributed by atoms with Crippen molar-refractivity contribution < 1.29 is 32.6 Å². The Morgan fingerprint density at radius 3 is 2.46 bits per heavy atom. The molecule has 0 radical (unpaired) electrons.